The van der Waals surface area contributed by atoms with Crippen molar-refractivity contribution in [2.45, 2.75) is 44.8 Å². The SMILES string of the molecule is CCCCN(C)C(=O)CSCc1nc2sc3c(c2c(=O)[nH]1)CCC3. The number of thiophene rings is 1. The summed E-state index contributed by atoms with van der Waals surface area (Å²) in [6.45, 7) is 2.92. The molecule has 0 radical (unpaired) electrons. The number of unbranched alkanes of at least 4 members (excludes halogenated alkanes) is 1. The number of aromatic amines is 1. The molecule has 0 unspecified atom stereocenters. The molecule has 1 aliphatic rings. The van der Waals surface area contributed by atoms with Gasteiger partial charge >= 0.3 is 0 Å². The summed E-state index contributed by atoms with van der Waals surface area (Å²) < 4.78 is 0. The van der Waals surface area contributed by atoms with Crippen molar-refractivity contribution in [2.75, 3.05) is 19.3 Å². The number of aromatic nitrogens is 2. The minimum absolute atomic E-state index is 0.0265. The Morgan fingerprint density at radius 2 is 2.25 bits per heavy atom. The molecule has 2 aromatic heterocycles. The lowest BCUT2D eigenvalue weighted by Crippen LogP contribution is -2.29. The number of rotatable bonds is 7. The Labute approximate surface area is 149 Å². The van der Waals surface area contributed by atoms with Crippen LogP contribution >= 0.6 is 23.1 Å². The highest BCUT2D eigenvalue weighted by atomic mass is 32.2. The predicted octanol–water partition coefficient (Wildman–Crippen LogP) is 2.97. The fourth-order valence-electron chi connectivity index (χ4n) is 2.98. The first-order valence-corrected chi connectivity index (χ1v) is 10.4. The van der Waals surface area contributed by atoms with Crippen LogP contribution in [0.15, 0.2) is 4.79 Å². The fourth-order valence-corrected chi connectivity index (χ4v) is 5.09. The summed E-state index contributed by atoms with van der Waals surface area (Å²) in [6.07, 6.45) is 5.31. The second-order valence-corrected chi connectivity index (χ2v) is 8.28. The Kier molecular flexibility index (Phi) is 5.61. The average molecular weight is 366 g/mol. The number of carbonyl (C=O) groups is 1. The summed E-state index contributed by atoms with van der Waals surface area (Å²) in [7, 11) is 1.85. The van der Waals surface area contributed by atoms with Crippen LogP contribution in [0.3, 0.4) is 0 Å². The minimum atomic E-state index is -0.0265. The zero-order valence-electron chi connectivity index (χ0n) is 14.2. The Hall–Kier alpha value is -1.34. The topological polar surface area (TPSA) is 66.1 Å². The van der Waals surface area contributed by atoms with E-state index < -0.39 is 0 Å². The van der Waals surface area contributed by atoms with Gasteiger partial charge in [0.05, 0.1) is 16.9 Å². The lowest BCUT2D eigenvalue weighted by molar-refractivity contribution is -0.127. The molecule has 0 saturated carbocycles. The first-order valence-electron chi connectivity index (χ1n) is 8.45. The van der Waals surface area contributed by atoms with Gasteiger partial charge in [-0.25, -0.2) is 4.98 Å². The molecular formula is C17H23N3O2S2. The Bertz CT molecular complexity index is 797. The maximum absolute atomic E-state index is 12.4. The smallest absolute Gasteiger partial charge is 0.259 e. The van der Waals surface area contributed by atoms with Gasteiger partial charge in [0.25, 0.3) is 5.56 Å². The highest BCUT2D eigenvalue weighted by Gasteiger charge is 2.21. The molecule has 0 aliphatic heterocycles. The van der Waals surface area contributed by atoms with E-state index in [0.29, 0.717) is 17.3 Å². The molecule has 0 fully saturated rings. The van der Waals surface area contributed by atoms with Crippen molar-refractivity contribution < 1.29 is 4.79 Å². The normalized spacial score (nSPS) is 13.4. The summed E-state index contributed by atoms with van der Waals surface area (Å²) in [6, 6.07) is 0. The number of amides is 1. The number of nitrogens with zero attached hydrogens (tertiary/aromatic N) is 2. The van der Waals surface area contributed by atoms with Crippen LogP contribution in [-0.4, -0.2) is 40.1 Å². The van der Waals surface area contributed by atoms with Gasteiger partial charge in [0.2, 0.25) is 5.91 Å². The summed E-state index contributed by atoms with van der Waals surface area (Å²) in [5.41, 5.74) is 1.18. The van der Waals surface area contributed by atoms with Crippen molar-refractivity contribution in [3.63, 3.8) is 0 Å². The lowest BCUT2D eigenvalue weighted by atomic mass is 10.2. The number of carbonyl (C=O) groups excluding carboxylic acids is 1. The van der Waals surface area contributed by atoms with Crippen LogP contribution in [0.4, 0.5) is 0 Å². The molecule has 1 N–H and O–H groups in total. The average Bonchev–Trinajstić information content (AvgIpc) is 3.12. The number of fused-ring (bicyclic) bond motifs is 3. The van der Waals surface area contributed by atoms with Gasteiger partial charge in [-0.2, -0.15) is 0 Å². The third-order valence-corrected chi connectivity index (χ3v) is 6.48. The molecule has 24 heavy (non-hydrogen) atoms. The van der Waals surface area contributed by atoms with Gasteiger partial charge in [0, 0.05) is 18.5 Å². The third-order valence-electron chi connectivity index (χ3n) is 4.36. The van der Waals surface area contributed by atoms with Crippen LogP contribution in [0.25, 0.3) is 10.2 Å². The van der Waals surface area contributed by atoms with E-state index in [9.17, 15) is 9.59 Å². The molecule has 0 spiro atoms. The number of hydrogen-bond donors (Lipinski definition) is 1. The second-order valence-electron chi connectivity index (χ2n) is 6.21. The van der Waals surface area contributed by atoms with Crippen LogP contribution in [0.1, 0.15) is 42.5 Å². The van der Waals surface area contributed by atoms with Gasteiger partial charge in [0.1, 0.15) is 10.7 Å². The number of hydrogen-bond acceptors (Lipinski definition) is 5. The van der Waals surface area contributed by atoms with Crippen molar-refractivity contribution >= 4 is 39.2 Å². The molecular weight excluding hydrogens is 342 g/mol. The molecule has 0 bridgehead atoms. The van der Waals surface area contributed by atoms with E-state index in [1.165, 1.54) is 22.2 Å². The Balaban J connectivity index is 1.62. The van der Waals surface area contributed by atoms with E-state index in [4.69, 9.17) is 0 Å². The van der Waals surface area contributed by atoms with Crippen LogP contribution in [0, 0.1) is 0 Å². The molecule has 0 atom stereocenters. The number of nitrogens with one attached hydrogen (secondary N) is 1. The first-order chi connectivity index (χ1) is 11.6. The Morgan fingerprint density at radius 1 is 1.42 bits per heavy atom. The van der Waals surface area contributed by atoms with Gasteiger partial charge in [-0.05, 0) is 31.2 Å². The molecule has 1 aliphatic carbocycles. The van der Waals surface area contributed by atoms with Crippen LogP contribution in [0.5, 0.6) is 0 Å². The number of H-pyrrole nitrogens is 1. The van der Waals surface area contributed by atoms with Crippen molar-refractivity contribution in [2.24, 2.45) is 0 Å². The second kappa shape index (κ2) is 7.70. The zero-order chi connectivity index (χ0) is 17.1. The van der Waals surface area contributed by atoms with Crippen LogP contribution in [0.2, 0.25) is 0 Å². The molecule has 5 nitrogen and oxygen atoms in total. The van der Waals surface area contributed by atoms with Crippen molar-refractivity contribution in [1.29, 1.82) is 0 Å². The van der Waals surface area contributed by atoms with Crippen molar-refractivity contribution in [3.8, 4) is 0 Å². The zero-order valence-corrected chi connectivity index (χ0v) is 15.8. The molecule has 1 amide bonds. The maximum atomic E-state index is 12.4. The van der Waals surface area contributed by atoms with E-state index in [2.05, 4.69) is 16.9 Å². The van der Waals surface area contributed by atoms with E-state index >= 15 is 0 Å². The van der Waals surface area contributed by atoms with Gasteiger partial charge in [-0.1, -0.05) is 13.3 Å². The summed E-state index contributed by atoms with van der Waals surface area (Å²) in [4.78, 5) is 35.9. The number of aryl methyl sites for hydroxylation is 2. The lowest BCUT2D eigenvalue weighted by Gasteiger charge is -2.16. The van der Waals surface area contributed by atoms with E-state index in [0.717, 1.165) is 48.9 Å². The number of thioether (sulfide) groups is 1. The molecule has 2 heterocycles. The Morgan fingerprint density at radius 3 is 3.04 bits per heavy atom. The molecule has 0 aromatic carbocycles. The molecule has 3 rings (SSSR count). The quantitative estimate of drug-likeness (QED) is 0.819. The summed E-state index contributed by atoms with van der Waals surface area (Å²) in [5.74, 6) is 1.78. The molecule has 130 valence electrons. The van der Waals surface area contributed by atoms with Gasteiger partial charge < -0.3 is 9.88 Å². The van der Waals surface area contributed by atoms with Crippen molar-refractivity contribution in [1.82, 2.24) is 14.9 Å². The summed E-state index contributed by atoms with van der Waals surface area (Å²) in [5, 5.41) is 0.789. The fraction of sp³-hybridized carbons (Fsp3) is 0.588. The molecule has 7 heteroatoms. The van der Waals surface area contributed by atoms with Gasteiger partial charge in [-0.15, -0.1) is 23.1 Å². The standard InChI is InChI=1S/C17H23N3O2S2/c1-3-4-8-20(2)14(21)10-23-9-13-18-16(22)15-11-6-5-7-12(11)24-17(15)19-13/h3-10H2,1-2H3,(H,18,19,22). The van der Waals surface area contributed by atoms with E-state index in [1.807, 2.05) is 7.05 Å². The largest absolute Gasteiger partial charge is 0.345 e. The van der Waals surface area contributed by atoms with Crippen molar-refractivity contribution in [3.05, 3.63) is 26.6 Å². The van der Waals surface area contributed by atoms with Crippen LogP contribution < -0.4 is 5.56 Å². The van der Waals surface area contributed by atoms with Gasteiger partial charge in [0.15, 0.2) is 0 Å². The van der Waals surface area contributed by atoms with Gasteiger partial charge in [-0.3, -0.25) is 9.59 Å². The minimum Gasteiger partial charge on any atom is -0.345 e. The predicted molar refractivity (Wildman–Crippen MR) is 101 cm³/mol. The maximum Gasteiger partial charge on any atom is 0.259 e. The molecule has 2 aromatic rings. The van der Waals surface area contributed by atoms with E-state index in [-0.39, 0.29) is 11.5 Å². The highest BCUT2D eigenvalue weighted by Crippen LogP contribution is 2.34. The highest BCUT2D eigenvalue weighted by molar-refractivity contribution is 7.99. The third kappa shape index (κ3) is 3.67. The molecule has 0 saturated heterocycles. The first kappa shape index (κ1) is 17.5. The summed E-state index contributed by atoms with van der Waals surface area (Å²) >= 11 is 3.16. The van der Waals surface area contributed by atoms with E-state index in [1.54, 1.807) is 16.2 Å². The monoisotopic (exact) mass is 365 g/mol. The van der Waals surface area contributed by atoms with Crippen LogP contribution in [-0.2, 0) is 23.4 Å².